The SMILES string of the molecule is NC(=S)C(NS(=O)(=O)c1c(Cl)cc(Br)cc1Cl)C1CC1. The van der Waals surface area contributed by atoms with Gasteiger partial charge in [0.1, 0.15) is 4.90 Å². The molecule has 1 fully saturated rings. The van der Waals surface area contributed by atoms with E-state index in [0.29, 0.717) is 4.47 Å². The highest BCUT2D eigenvalue weighted by Crippen LogP contribution is 2.36. The average molecular weight is 418 g/mol. The summed E-state index contributed by atoms with van der Waals surface area (Å²) in [4.78, 5) is -0.0358. The minimum atomic E-state index is -3.89. The third-order valence-corrected chi connectivity index (χ3v) is 5.99. The van der Waals surface area contributed by atoms with Crippen LogP contribution in [0.2, 0.25) is 10.0 Å². The summed E-state index contributed by atoms with van der Waals surface area (Å²) in [6, 6.07) is 2.37. The molecule has 1 aliphatic rings. The quantitative estimate of drug-likeness (QED) is 0.722. The smallest absolute Gasteiger partial charge is 0.244 e. The van der Waals surface area contributed by atoms with Crippen molar-refractivity contribution >= 4 is 66.4 Å². The maximum Gasteiger partial charge on any atom is 0.244 e. The molecule has 0 heterocycles. The number of nitrogens with two attached hydrogens (primary N) is 1. The summed E-state index contributed by atoms with van der Waals surface area (Å²) in [5.41, 5.74) is 5.59. The fraction of sp³-hybridized carbons (Fsp3) is 0.364. The molecular formula is C11H11BrCl2N2O2S2. The lowest BCUT2D eigenvalue weighted by molar-refractivity contribution is 0.565. The number of benzene rings is 1. The predicted octanol–water partition coefficient (Wildman–Crippen LogP) is 3.10. The molecule has 0 aromatic heterocycles. The highest BCUT2D eigenvalue weighted by Gasteiger charge is 2.37. The number of halogens is 3. The normalized spacial score (nSPS) is 16.9. The Morgan fingerprint density at radius 1 is 1.40 bits per heavy atom. The van der Waals surface area contributed by atoms with E-state index in [-0.39, 0.29) is 25.8 Å². The van der Waals surface area contributed by atoms with Crippen molar-refractivity contribution in [2.45, 2.75) is 23.8 Å². The Bertz CT molecular complexity index is 639. The average Bonchev–Trinajstić information content (AvgIpc) is 3.07. The van der Waals surface area contributed by atoms with Crippen LogP contribution in [-0.4, -0.2) is 19.4 Å². The predicted molar refractivity (Wildman–Crippen MR) is 87.8 cm³/mol. The van der Waals surface area contributed by atoms with Gasteiger partial charge in [-0.25, -0.2) is 13.1 Å². The van der Waals surface area contributed by atoms with Gasteiger partial charge in [-0.05, 0) is 30.9 Å². The Balaban J connectivity index is 2.38. The molecule has 4 nitrogen and oxygen atoms in total. The number of sulfonamides is 1. The van der Waals surface area contributed by atoms with Gasteiger partial charge in [-0.2, -0.15) is 0 Å². The van der Waals surface area contributed by atoms with Crippen molar-refractivity contribution in [3.8, 4) is 0 Å². The third kappa shape index (κ3) is 3.64. The van der Waals surface area contributed by atoms with E-state index in [1.807, 2.05) is 0 Å². The van der Waals surface area contributed by atoms with Crippen molar-refractivity contribution in [3.05, 3.63) is 26.7 Å². The van der Waals surface area contributed by atoms with Crippen molar-refractivity contribution in [1.29, 1.82) is 0 Å². The second kappa shape index (κ2) is 6.06. The Kier molecular flexibility index (Phi) is 4.98. The van der Waals surface area contributed by atoms with Crippen LogP contribution in [0.1, 0.15) is 12.8 Å². The summed E-state index contributed by atoms with van der Waals surface area (Å²) in [7, 11) is -3.89. The van der Waals surface area contributed by atoms with Crippen LogP contribution in [0.5, 0.6) is 0 Å². The second-order valence-corrected chi connectivity index (χ2v) is 8.39. The molecule has 1 saturated carbocycles. The summed E-state index contributed by atoms with van der Waals surface area (Å²) in [5, 5.41) is 0.0729. The van der Waals surface area contributed by atoms with Crippen LogP contribution in [0.25, 0.3) is 0 Å². The zero-order chi connectivity index (χ0) is 15.1. The van der Waals surface area contributed by atoms with E-state index in [1.54, 1.807) is 0 Å². The summed E-state index contributed by atoms with van der Waals surface area (Å²) < 4.78 is 27.9. The van der Waals surface area contributed by atoms with Gasteiger partial charge in [0, 0.05) is 4.47 Å². The van der Waals surface area contributed by atoms with E-state index in [2.05, 4.69) is 20.7 Å². The summed E-state index contributed by atoms with van der Waals surface area (Å²) in [6.07, 6.45) is 1.79. The van der Waals surface area contributed by atoms with Crippen molar-refractivity contribution in [3.63, 3.8) is 0 Å². The molecule has 2 rings (SSSR count). The first kappa shape index (κ1) is 16.5. The molecule has 0 bridgehead atoms. The van der Waals surface area contributed by atoms with E-state index < -0.39 is 16.1 Å². The van der Waals surface area contributed by atoms with Gasteiger partial charge in [0.25, 0.3) is 0 Å². The fourth-order valence-electron chi connectivity index (χ4n) is 1.83. The van der Waals surface area contributed by atoms with Crippen molar-refractivity contribution in [2.75, 3.05) is 0 Å². The molecule has 3 N–H and O–H groups in total. The number of hydrogen-bond acceptors (Lipinski definition) is 3. The summed E-state index contributed by atoms with van der Waals surface area (Å²) in [5.74, 6) is 0.148. The van der Waals surface area contributed by atoms with Crippen molar-refractivity contribution in [1.82, 2.24) is 4.72 Å². The molecule has 9 heteroatoms. The van der Waals surface area contributed by atoms with E-state index in [4.69, 9.17) is 41.2 Å². The van der Waals surface area contributed by atoms with Gasteiger partial charge in [0.15, 0.2) is 0 Å². The maximum atomic E-state index is 12.4. The standard InChI is InChI=1S/C11H11BrCl2N2O2S2/c12-6-3-7(13)10(8(14)4-6)20(17,18)16-9(11(15)19)5-1-2-5/h3-5,9,16H,1-2H2,(H2,15,19). The molecule has 1 aromatic carbocycles. The third-order valence-electron chi connectivity index (χ3n) is 2.91. The first-order chi connectivity index (χ1) is 9.22. The zero-order valence-corrected chi connectivity index (χ0v) is 14.8. The molecule has 0 amide bonds. The number of nitrogens with one attached hydrogen (secondary N) is 1. The second-order valence-electron chi connectivity index (χ2n) is 4.54. The highest BCUT2D eigenvalue weighted by atomic mass is 79.9. The summed E-state index contributed by atoms with van der Waals surface area (Å²) >= 11 is 20.1. The Hall–Kier alpha value is 0.0800. The molecule has 0 saturated heterocycles. The van der Waals surface area contributed by atoms with E-state index in [9.17, 15) is 8.42 Å². The molecule has 0 radical (unpaired) electrons. The van der Waals surface area contributed by atoms with E-state index in [0.717, 1.165) is 12.8 Å². The van der Waals surface area contributed by atoms with Gasteiger partial charge in [-0.1, -0.05) is 51.3 Å². The number of hydrogen-bond donors (Lipinski definition) is 2. The van der Waals surface area contributed by atoms with E-state index >= 15 is 0 Å². The fourth-order valence-corrected chi connectivity index (χ4v) is 5.37. The van der Waals surface area contributed by atoms with Gasteiger partial charge >= 0.3 is 0 Å². The van der Waals surface area contributed by atoms with E-state index in [1.165, 1.54) is 12.1 Å². The minimum absolute atomic E-state index is 0.0364. The molecule has 1 aromatic rings. The van der Waals surface area contributed by atoms with Gasteiger partial charge in [0.05, 0.1) is 21.1 Å². The van der Waals surface area contributed by atoms with Crippen LogP contribution >= 0.6 is 51.3 Å². The largest absolute Gasteiger partial charge is 0.392 e. The zero-order valence-electron chi connectivity index (χ0n) is 10.1. The van der Waals surface area contributed by atoms with Gasteiger partial charge in [0.2, 0.25) is 10.0 Å². The van der Waals surface area contributed by atoms with Crippen LogP contribution in [0.3, 0.4) is 0 Å². The minimum Gasteiger partial charge on any atom is -0.392 e. The monoisotopic (exact) mass is 416 g/mol. The lowest BCUT2D eigenvalue weighted by atomic mass is 10.2. The van der Waals surface area contributed by atoms with Crippen LogP contribution in [0.4, 0.5) is 0 Å². The number of thiocarbonyl (C=S) groups is 1. The topological polar surface area (TPSA) is 72.2 Å². The molecule has 1 aliphatic carbocycles. The maximum absolute atomic E-state index is 12.4. The molecular weight excluding hydrogens is 407 g/mol. The molecule has 0 aliphatic heterocycles. The van der Waals surface area contributed by atoms with Gasteiger partial charge < -0.3 is 5.73 Å². The van der Waals surface area contributed by atoms with Gasteiger partial charge in [-0.3, -0.25) is 0 Å². The lowest BCUT2D eigenvalue weighted by Gasteiger charge is -2.18. The summed E-state index contributed by atoms with van der Waals surface area (Å²) in [6.45, 7) is 0. The Morgan fingerprint density at radius 3 is 2.30 bits per heavy atom. The molecule has 20 heavy (non-hydrogen) atoms. The van der Waals surface area contributed by atoms with Crippen LogP contribution in [0.15, 0.2) is 21.5 Å². The van der Waals surface area contributed by atoms with Crippen molar-refractivity contribution < 1.29 is 8.42 Å². The lowest BCUT2D eigenvalue weighted by Crippen LogP contribution is -2.45. The first-order valence-corrected chi connectivity index (χ1v) is 9.12. The molecule has 0 spiro atoms. The van der Waals surface area contributed by atoms with Crippen LogP contribution < -0.4 is 10.5 Å². The van der Waals surface area contributed by atoms with Crippen LogP contribution in [-0.2, 0) is 10.0 Å². The van der Waals surface area contributed by atoms with Gasteiger partial charge in [-0.15, -0.1) is 0 Å². The Morgan fingerprint density at radius 2 is 1.90 bits per heavy atom. The Labute approximate surface area is 141 Å². The van der Waals surface area contributed by atoms with Crippen molar-refractivity contribution in [2.24, 2.45) is 11.7 Å². The first-order valence-electron chi connectivity index (χ1n) is 5.68. The molecule has 1 atom stereocenters. The highest BCUT2D eigenvalue weighted by molar-refractivity contribution is 9.10. The molecule has 110 valence electrons. The molecule has 1 unspecified atom stereocenters. The van der Waals surface area contributed by atoms with Crippen LogP contribution in [0, 0.1) is 5.92 Å². The number of rotatable bonds is 5.